The highest BCUT2D eigenvalue weighted by Crippen LogP contribution is 2.28. The lowest BCUT2D eigenvalue weighted by Crippen LogP contribution is -2.33. The summed E-state index contributed by atoms with van der Waals surface area (Å²) in [6.07, 6.45) is 6.71. The van der Waals surface area contributed by atoms with Crippen molar-refractivity contribution in [3.63, 3.8) is 0 Å². The molecule has 3 aromatic rings. The lowest BCUT2D eigenvalue weighted by molar-refractivity contribution is 0.221. The average molecular weight is 396 g/mol. The minimum atomic E-state index is -0.0461. The van der Waals surface area contributed by atoms with E-state index in [-0.39, 0.29) is 12.1 Å². The summed E-state index contributed by atoms with van der Waals surface area (Å²) in [5, 5.41) is 3.03. The van der Waals surface area contributed by atoms with E-state index >= 15 is 0 Å². The molecule has 0 spiro atoms. The predicted molar refractivity (Wildman–Crippen MR) is 114 cm³/mol. The molecule has 1 aliphatic heterocycles. The number of amides is 2. The van der Waals surface area contributed by atoms with Crippen LogP contribution in [-0.2, 0) is 6.42 Å². The summed E-state index contributed by atoms with van der Waals surface area (Å²) in [7, 11) is 0. The number of aryl methyl sites for hydroxylation is 1. The monoisotopic (exact) mass is 395 g/mol. The van der Waals surface area contributed by atoms with Crippen LogP contribution >= 0.6 is 11.8 Å². The van der Waals surface area contributed by atoms with Crippen molar-refractivity contribution >= 4 is 34.6 Å². The van der Waals surface area contributed by atoms with Crippen LogP contribution in [0.2, 0.25) is 0 Å². The molecule has 1 saturated heterocycles. The molecule has 1 aliphatic rings. The number of benzene rings is 1. The first-order valence-electron chi connectivity index (χ1n) is 9.71. The molecule has 7 heteroatoms. The number of thioether (sulfide) groups is 1. The number of hydrogen-bond donors (Lipinski definition) is 1. The summed E-state index contributed by atoms with van der Waals surface area (Å²) in [6.45, 7) is 3.57. The number of pyridine rings is 1. The van der Waals surface area contributed by atoms with Crippen molar-refractivity contribution in [2.24, 2.45) is 0 Å². The zero-order chi connectivity index (χ0) is 19.5. The first-order chi connectivity index (χ1) is 13.7. The number of rotatable bonds is 5. The van der Waals surface area contributed by atoms with E-state index in [4.69, 9.17) is 4.98 Å². The highest BCUT2D eigenvalue weighted by Gasteiger charge is 2.30. The number of likely N-dealkylation sites (tertiary alicyclic amines) is 1. The largest absolute Gasteiger partial charge is 0.322 e. The van der Waals surface area contributed by atoms with Gasteiger partial charge in [0.25, 0.3) is 0 Å². The highest BCUT2D eigenvalue weighted by atomic mass is 32.2. The summed E-state index contributed by atoms with van der Waals surface area (Å²) >= 11 is 1.67. The van der Waals surface area contributed by atoms with Gasteiger partial charge >= 0.3 is 6.03 Å². The average Bonchev–Trinajstić information content (AvgIpc) is 3.32. The Bertz CT molecular complexity index is 986. The Morgan fingerprint density at radius 1 is 1.32 bits per heavy atom. The standard InChI is InChI=1S/C21H25N5OS/c1-3-6-19-24-18-9-5-11-22-20(18)26(19)16-10-12-25(14-16)21(27)23-15-7-4-8-17(13-15)28-2/h4-5,7-9,11,13,16H,3,6,10,12,14H2,1-2H3,(H,23,27)/t16-/m1/s1. The number of imidazole rings is 1. The van der Waals surface area contributed by atoms with Gasteiger partial charge in [-0.3, -0.25) is 0 Å². The number of anilines is 1. The Labute approximate surface area is 169 Å². The number of aromatic nitrogens is 3. The maximum atomic E-state index is 12.8. The zero-order valence-electron chi connectivity index (χ0n) is 16.3. The van der Waals surface area contributed by atoms with Gasteiger partial charge in [0.05, 0.1) is 6.04 Å². The van der Waals surface area contributed by atoms with E-state index in [9.17, 15) is 4.79 Å². The van der Waals surface area contributed by atoms with Gasteiger partial charge in [0.2, 0.25) is 0 Å². The third-order valence-corrected chi connectivity index (χ3v) is 5.86. The fourth-order valence-electron chi connectivity index (χ4n) is 3.80. The molecule has 1 atom stereocenters. The van der Waals surface area contributed by atoms with E-state index in [0.29, 0.717) is 6.54 Å². The second-order valence-electron chi connectivity index (χ2n) is 7.04. The number of nitrogens with zero attached hydrogens (tertiary/aromatic N) is 4. The minimum Gasteiger partial charge on any atom is -0.322 e. The van der Waals surface area contributed by atoms with Crippen LogP contribution in [0.25, 0.3) is 11.2 Å². The summed E-state index contributed by atoms with van der Waals surface area (Å²) in [4.78, 5) is 25.1. The molecule has 28 heavy (non-hydrogen) atoms. The summed E-state index contributed by atoms with van der Waals surface area (Å²) < 4.78 is 2.25. The predicted octanol–water partition coefficient (Wildman–Crippen LogP) is 4.58. The van der Waals surface area contributed by atoms with Crippen LogP contribution in [0.15, 0.2) is 47.5 Å². The Hall–Kier alpha value is -2.54. The van der Waals surface area contributed by atoms with Crippen molar-refractivity contribution in [3.05, 3.63) is 48.4 Å². The second kappa shape index (κ2) is 8.22. The van der Waals surface area contributed by atoms with Crippen LogP contribution in [0, 0.1) is 0 Å². The fourth-order valence-corrected chi connectivity index (χ4v) is 4.26. The minimum absolute atomic E-state index is 0.0461. The van der Waals surface area contributed by atoms with E-state index in [0.717, 1.165) is 53.4 Å². The van der Waals surface area contributed by atoms with Gasteiger partial charge < -0.3 is 14.8 Å². The number of urea groups is 1. The van der Waals surface area contributed by atoms with Gasteiger partial charge in [-0.25, -0.2) is 14.8 Å². The molecule has 1 fully saturated rings. The normalized spacial score (nSPS) is 16.6. The lowest BCUT2D eigenvalue weighted by Gasteiger charge is -2.19. The number of carbonyl (C=O) groups excluding carboxylic acids is 1. The van der Waals surface area contributed by atoms with Gasteiger partial charge in [0.15, 0.2) is 5.65 Å². The number of nitrogens with one attached hydrogen (secondary N) is 1. The molecule has 6 nitrogen and oxygen atoms in total. The van der Waals surface area contributed by atoms with Crippen molar-refractivity contribution in [2.45, 2.75) is 37.1 Å². The molecule has 0 saturated carbocycles. The summed E-state index contributed by atoms with van der Waals surface area (Å²) in [5.41, 5.74) is 2.69. The molecule has 2 amide bonds. The van der Waals surface area contributed by atoms with Crippen LogP contribution in [0.4, 0.5) is 10.5 Å². The van der Waals surface area contributed by atoms with E-state index in [1.54, 1.807) is 11.8 Å². The zero-order valence-corrected chi connectivity index (χ0v) is 17.1. The fraction of sp³-hybridized carbons (Fsp3) is 0.381. The molecule has 3 heterocycles. The van der Waals surface area contributed by atoms with Crippen molar-refractivity contribution in [3.8, 4) is 0 Å². The van der Waals surface area contributed by atoms with Crippen LogP contribution in [0.3, 0.4) is 0 Å². The molecule has 2 aromatic heterocycles. The molecule has 1 aromatic carbocycles. The van der Waals surface area contributed by atoms with Crippen LogP contribution < -0.4 is 5.32 Å². The number of hydrogen-bond acceptors (Lipinski definition) is 4. The number of fused-ring (bicyclic) bond motifs is 1. The first-order valence-corrected chi connectivity index (χ1v) is 10.9. The Morgan fingerprint density at radius 3 is 3.04 bits per heavy atom. The molecule has 0 radical (unpaired) electrons. The molecule has 1 N–H and O–H groups in total. The Morgan fingerprint density at radius 2 is 2.21 bits per heavy atom. The lowest BCUT2D eigenvalue weighted by atomic mass is 10.2. The molecular weight excluding hydrogens is 370 g/mol. The number of carbonyl (C=O) groups is 1. The quantitative estimate of drug-likeness (QED) is 0.642. The van der Waals surface area contributed by atoms with Crippen molar-refractivity contribution < 1.29 is 4.79 Å². The van der Waals surface area contributed by atoms with Crippen LogP contribution in [0.5, 0.6) is 0 Å². The Balaban J connectivity index is 1.51. The Kier molecular flexibility index (Phi) is 5.52. The molecule has 0 aliphatic carbocycles. The summed E-state index contributed by atoms with van der Waals surface area (Å²) in [6, 6.07) is 12.0. The van der Waals surface area contributed by atoms with Gasteiger partial charge in [-0.2, -0.15) is 0 Å². The highest BCUT2D eigenvalue weighted by molar-refractivity contribution is 7.98. The molecule has 0 unspecified atom stereocenters. The van der Waals surface area contributed by atoms with Gasteiger partial charge in [0.1, 0.15) is 11.3 Å². The van der Waals surface area contributed by atoms with Gasteiger partial charge in [-0.1, -0.05) is 13.0 Å². The van der Waals surface area contributed by atoms with Crippen molar-refractivity contribution in [2.75, 3.05) is 24.7 Å². The molecular formula is C21H25N5OS. The maximum Gasteiger partial charge on any atom is 0.321 e. The van der Waals surface area contributed by atoms with Crippen LogP contribution in [0.1, 0.15) is 31.6 Å². The first kappa shape index (κ1) is 18.8. The van der Waals surface area contributed by atoms with Gasteiger partial charge in [-0.15, -0.1) is 11.8 Å². The van der Waals surface area contributed by atoms with Crippen LogP contribution in [-0.4, -0.2) is 44.8 Å². The summed E-state index contributed by atoms with van der Waals surface area (Å²) in [5.74, 6) is 1.07. The van der Waals surface area contributed by atoms with Crippen molar-refractivity contribution in [1.82, 2.24) is 19.4 Å². The van der Waals surface area contributed by atoms with E-state index in [1.165, 1.54) is 0 Å². The SMILES string of the molecule is CCCc1nc2cccnc2n1[C@@H]1CCN(C(=O)Nc2cccc(SC)c2)C1. The van der Waals surface area contributed by atoms with E-state index in [2.05, 4.69) is 21.8 Å². The molecule has 0 bridgehead atoms. The van der Waals surface area contributed by atoms with Gasteiger partial charge in [0, 0.05) is 36.3 Å². The molecule has 146 valence electrons. The van der Waals surface area contributed by atoms with Gasteiger partial charge in [-0.05, 0) is 49.4 Å². The van der Waals surface area contributed by atoms with E-state index in [1.807, 2.05) is 53.8 Å². The maximum absolute atomic E-state index is 12.8. The third kappa shape index (κ3) is 3.71. The third-order valence-electron chi connectivity index (χ3n) is 5.13. The van der Waals surface area contributed by atoms with Crippen molar-refractivity contribution in [1.29, 1.82) is 0 Å². The van der Waals surface area contributed by atoms with E-state index < -0.39 is 0 Å². The molecule has 4 rings (SSSR count). The smallest absolute Gasteiger partial charge is 0.321 e. The topological polar surface area (TPSA) is 63.1 Å². The second-order valence-corrected chi connectivity index (χ2v) is 7.92.